The van der Waals surface area contributed by atoms with Crippen LogP contribution in [0.4, 0.5) is 0 Å². The first kappa shape index (κ1) is 10.2. The molecule has 11 heavy (non-hydrogen) atoms. The highest BCUT2D eigenvalue weighted by Gasteiger charge is 2.25. The van der Waals surface area contributed by atoms with Crippen LogP contribution >= 0.6 is 11.8 Å². The topological polar surface area (TPSA) is 101 Å². The standard InChI is InChI=1S/C5H9NO4S/c6-1-2-11-3(4(7)8)5(9)10/h3H,1-2,6H2,(H,7,8)(H,9,10). The van der Waals surface area contributed by atoms with Crippen molar-refractivity contribution < 1.29 is 19.8 Å². The molecule has 0 bridgehead atoms. The van der Waals surface area contributed by atoms with E-state index in [1.165, 1.54) is 0 Å². The van der Waals surface area contributed by atoms with Gasteiger partial charge in [0.15, 0.2) is 5.25 Å². The van der Waals surface area contributed by atoms with Gasteiger partial charge in [-0.2, -0.15) is 0 Å². The molecule has 5 nitrogen and oxygen atoms in total. The molecule has 64 valence electrons. The third-order valence-electron chi connectivity index (χ3n) is 0.851. The fourth-order valence-corrected chi connectivity index (χ4v) is 1.09. The van der Waals surface area contributed by atoms with Gasteiger partial charge in [-0.1, -0.05) is 0 Å². The summed E-state index contributed by atoms with van der Waals surface area (Å²) in [5, 5.41) is 15.3. The van der Waals surface area contributed by atoms with E-state index < -0.39 is 17.2 Å². The molecule has 0 radical (unpaired) electrons. The van der Waals surface area contributed by atoms with E-state index in [0.717, 1.165) is 11.8 Å². The van der Waals surface area contributed by atoms with E-state index in [4.69, 9.17) is 15.9 Å². The van der Waals surface area contributed by atoms with Crippen LogP contribution in [-0.4, -0.2) is 39.7 Å². The monoisotopic (exact) mass is 179 g/mol. The van der Waals surface area contributed by atoms with E-state index >= 15 is 0 Å². The van der Waals surface area contributed by atoms with Crippen LogP contribution in [0.2, 0.25) is 0 Å². The largest absolute Gasteiger partial charge is 0.480 e. The highest BCUT2D eigenvalue weighted by atomic mass is 32.2. The summed E-state index contributed by atoms with van der Waals surface area (Å²) in [6, 6.07) is 0. The Labute approximate surface area is 67.6 Å². The molecule has 0 aromatic carbocycles. The molecule has 0 aliphatic heterocycles. The summed E-state index contributed by atoms with van der Waals surface area (Å²) in [7, 11) is 0. The van der Waals surface area contributed by atoms with Crippen molar-refractivity contribution in [3.63, 3.8) is 0 Å². The minimum Gasteiger partial charge on any atom is -0.480 e. The summed E-state index contributed by atoms with van der Waals surface area (Å²) in [6.07, 6.45) is 0. The van der Waals surface area contributed by atoms with Gasteiger partial charge in [-0.3, -0.25) is 9.59 Å². The summed E-state index contributed by atoms with van der Waals surface area (Å²) in [4.78, 5) is 20.4. The molecular formula is C5H9NO4S. The average molecular weight is 179 g/mol. The van der Waals surface area contributed by atoms with Crippen LogP contribution in [0.25, 0.3) is 0 Å². The number of carboxylic acids is 2. The molecule has 0 saturated carbocycles. The van der Waals surface area contributed by atoms with Gasteiger partial charge in [0.1, 0.15) is 0 Å². The lowest BCUT2D eigenvalue weighted by Gasteiger charge is -2.04. The summed E-state index contributed by atoms with van der Waals surface area (Å²) in [5.41, 5.74) is 5.07. The maximum atomic E-state index is 10.2. The van der Waals surface area contributed by atoms with Crippen molar-refractivity contribution in [1.29, 1.82) is 0 Å². The lowest BCUT2D eigenvalue weighted by atomic mass is 10.4. The second-order valence-electron chi connectivity index (χ2n) is 1.72. The Morgan fingerprint density at radius 1 is 1.36 bits per heavy atom. The van der Waals surface area contributed by atoms with Crippen LogP contribution in [0, 0.1) is 0 Å². The second kappa shape index (κ2) is 4.97. The molecule has 0 fully saturated rings. The summed E-state index contributed by atoms with van der Waals surface area (Å²) in [5.74, 6) is -2.34. The van der Waals surface area contributed by atoms with Crippen molar-refractivity contribution in [3.8, 4) is 0 Å². The first-order valence-electron chi connectivity index (χ1n) is 2.87. The van der Waals surface area contributed by atoms with Crippen LogP contribution < -0.4 is 5.73 Å². The van der Waals surface area contributed by atoms with Crippen molar-refractivity contribution in [3.05, 3.63) is 0 Å². The molecule has 6 heteroatoms. The number of carbonyl (C=O) groups is 2. The molecule has 0 aliphatic carbocycles. The number of hydrogen-bond acceptors (Lipinski definition) is 4. The van der Waals surface area contributed by atoms with Crippen LogP contribution in [0.15, 0.2) is 0 Å². The molecule has 0 aromatic heterocycles. The van der Waals surface area contributed by atoms with Crippen molar-refractivity contribution in [2.24, 2.45) is 5.73 Å². The molecule has 0 unspecified atom stereocenters. The minimum atomic E-state index is -1.39. The molecule has 0 aliphatic rings. The number of aliphatic carboxylic acids is 2. The van der Waals surface area contributed by atoms with Crippen molar-refractivity contribution in [2.75, 3.05) is 12.3 Å². The highest BCUT2D eigenvalue weighted by Crippen LogP contribution is 2.09. The van der Waals surface area contributed by atoms with Crippen molar-refractivity contribution in [2.45, 2.75) is 5.25 Å². The van der Waals surface area contributed by atoms with Crippen LogP contribution in [0.3, 0.4) is 0 Å². The molecule has 0 heterocycles. The van der Waals surface area contributed by atoms with Crippen LogP contribution in [-0.2, 0) is 9.59 Å². The van der Waals surface area contributed by atoms with Gasteiger partial charge in [-0.25, -0.2) is 0 Å². The number of hydrogen-bond donors (Lipinski definition) is 3. The number of thioether (sulfide) groups is 1. The maximum Gasteiger partial charge on any atom is 0.328 e. The van der Waals surface area contributed by atoms with Gasteiger partial charge in [0.2, 0.25) is 0 Å². The molecular weight excluding hydrogens is 170 g/mol. The Kier molecular flexibility index (Phi) is 4.64. The van der Waals surface area contributed by atoms with Crippen molar-refractivity contribution >= 4 is 23.7 Å². The zero-order valence-electron chi connectivity index (χ0n) is 5.69. The van der Waals surface area contributed by atoms with Gasteiger partial charge in [0.25, 0.3) is 0 Å². The van der Waals surface area contributed by atoms with E-state index in [2.05, 4.69) is 0 Å². The quantitative estimate of drug-likeness (QED) is 0.478. The van der Waals surface area contributed by atoms with Gasteiger partial charge < -0.3 is 15.9 Å². The van der Waals surface area contributed by atoms with E-state index in [1.807, 2.05) is 0 Å². The summed E-state index contributed by atoms with van der Waals surface area (Å²) < 4.78 is 0. The molecule has 0 atom stereocenters. The minimum absolute atomic E-state index is 0.279. The molecule has 0 spiro atoms. The van der Waals surface area contributed by atoms with Gasteiger partial charge in [-0.05, 0) is 0 Å². The number of rotatable bonds is 5. The van der Waals surface area contributed by atoms with Crippen LogP contribution in [0.1, 0.15) is 0 Å². The fourth-order valence-electron chi connectivity index (χ4n) is 0.434. The molecule has 0 amide bonds. The van der Waals surface area contributed by atoms with Crippen molar-refractivity contribution in [1.82, 2.24) is 0 Å². The SMILES string of the molecule is NCCSC(C(=O)O)C(=O)O. The average Bonchev–Trinajstić information content (AvgIpc) is 1.87. The Hall–Kier alpha value is -0.750. The second-order valence-corrected chi connectivity index (χ2v) is 2.93. The van der Waals surface area contributed by atoms with E-state index in [-0.39, 0.29) is 6.54 Å². The number of nitrogens with two attached hydrogens (primary N) is 1. The van der Waals surface area contributed by atoms with E-state index in [1.54, 1.807) is 0 Å². The lowest BCUT2D eigenvalue weighted by Crippen LogP contribution is -2.27. The molecule has 0 saturated heterocycles. The maximum absolute atomic E-state index is 10.2. The molecule has 0 rings (SSSR count). The van der Waals surface area contributed by atoms with Gasteiger partial charge >= 0.3 is 11.9 Å². The zero-order valence-corrected chi connectivity index (χ0v) is 6.50. The first-order valence-corrected chi connectivity index (χ1v) is 3.91. The molecule has 4 N–H and O–H groups in total. The first-order chi connectivity index (χ1) is 5.09. The Bertz CT molecular complexity index is 147. The number of carboxylic acid groups (broad SMARTS) is 2. The predicted molar refractivity (Wildman–Crippen MR) is 40.6 cm³/mol. The van der Waals surface area contributed by atoms with E-state index in [0.29, 0.717) is 5.75 Å². The summed E-state index contributed by atoms with van der Waals surface area (Å²) in [6.45, 7) is 0.279. The molecule has 0 aromatic rings. The Morgan fingerprint density at radius 3 is 2.09 bits per heavy atom. The zero-order chi connectivity index (χ0) is 8.85. The predicted octanol–water partition coefficient (Wildman–Crippen LogP) is -0.784. The Balaban J connectivity index is 3.90. The highest BCUT2D eigenvalue weighted by molar-refractivity contribution is 8.01. The third-order valence-corrected chi connectivity index (χ3v) is 2.06. The summed E-state index contributed by atoms with van der Waals surface area (Å²) >= 11 is 0.814. The van der Waals surface area contributed by atoms with Gasteiger partial charge in [0.05, 0.1) is 0 Å². The van der Waals surface area contributed by atoms with E-state index in [9.17, 15) is 9.59 Å². The Morgan fingerprint density at radius 2 is 1.82 bits per heavy atom. The lowest BCUT2D eigenvalue weighted by molar-refractivity contribution is -0.146. The normalized spacial score (nSPS) is 10.0. The fraction of sp³-hybridized carbons (Fsp3) is 0.600. The van der Waals surface area contributed by atoms with Gasteiger partial charge in [-0.15, -0.1) is 11.8 Å². The smallest absolute Gasteiger partial charge is 0.328 e. The third kappa shape index (κ3) is 3.84. The van der Waals surface area contributed by atoms with Gasteiger partial charge in [0, 0.05) is 12.3 Å². The van der Waals surface area contributed by atoms with Crippen LogP contribution in [0.5, 0.6) is 0 Å².